The zero-order chi connectivity index (χ0) is 20.8. The minimum atomic E-state index is -3.69. The smallest absolute Gasteiger partial charge is 0.341 e. The Bertz CT molecular complexity index is 822. The number of aromatic carboxylic acids is 1. The predicted molar refractivity (Wildman–Crippen MR) is 95.3 cm³/mol. The van der Waals surface area contributed by atoms with Gasteiger partial charge in [-0.3, -0.25) is 4.79 Å². The highest BCUT2D eigenvalue weighted by atomic mass is 32.2. The number of amides is 1. The predicted octanol–water partition coefficient (Wildman–Crippen LogP) is -0.213. The molecule has 0 fully saturated rings. The first-order chi connectivity index (χ1) is 12.4. The van der Waals surface area contributed by atoms with E-state index in [9.17, 15) is 27.9 Å². The van der Waals surface area contributed by atoms with Crippen LogP contribution in [-0.2, 0) is 26.0 Å². The van der Waals surface area contributed by atoms with Gasteiger partial charge in [0.05, 0.1) is 6.26 Å². The van der Waals surface area contributed by atoms with E-state index in [0.717, 1.165) is 6.26 Å². The fraction of sp³-hybridized carbons (Fsp3) is 0.438. The molecule has 0 heterocycles. The summed E-state index contributed by atoms with van der Waals surface area (Å²) in [5.41, 5.74) is 0.0808. The lowest BCUT2D eigenvalue weighted by Gasteiger charge is -2.23. The van der Waals surface area contributed by atoms with Crippen molar-refractivity contribution >= 4 is 27.9 Å². The molecule has 11 heteroatoms. The summed E-state index contributed by atoms with van der Waals surface area (Å²) in [5.74, 6) is -3.22. The zero-order valence-corrected chi connectivity index (χ0v) is 15.9. The summed E-state index contributed by atoms with van der Waals surface area (Å²) in [7, 11) is -2.17. The lowest BCUT2D eigenvalue weighted by Crippen LogP contribution is -2.48. The summed E-state index contributed by atoms with van der Waals surface area (Å²) in [6.45, 7) is 1.38. The van der Waals surface area contributed by atoms with E-state index in [1.807, 2.05) is 0 Å². The van der Waals surface area contributed by atoms with E-state index in [4.69, 9.17) is 9.84 Å². The van der Waals surface area contributed by atoms with Gasteiger partial charge >= 0.3 is 11.9 Å². The van der Waals surface area contributed by atoms with Gasteiger partial charge < -0.3 is 19.8 Å². The average Bonchev–Trinajstić information content (AvgIpc) is 2.57. The maximum Gasteiger partial charge on any atom is 0.341 e. The number of carbonyl (C=O) groups is 3. The third-order valence-corrected chi connectivity index (χ3v) is 4.28. The molecule has 3 N–H and O–H groups in total. The van der Waals surface area contributed by atoms with E-state index in [-0.39, 0.29) is 17.7 Å². The topological polar surface area (TPSA) is 150 Å². The van der Waals surface area contributed by atoms with E-state index in [1.165, 1.54) is 30.1 Å². The van der Waals surface area contributed by atoms with Crippen LogP contribution in [0, 0.1) is 0 Å². The van der Waals surface area contributed by atoms with Crippen LogP contribution in [0.25, 0.3) is 0 Å². The SMILES string of the molecule is CCN(C)C(=O)[C@H](Cc1ccc(OCC(=O)O)c(C(=O)O)c1)NS(C)(=O)=O. The van der Waals surface area contributed by atoms with Crippen molar-refractivity contribution in [3.8, 4) is 5.75 Å². The van der Waals surface area contributed by atoms with E-state index >= 15 is 0 Å². The van der Waals surface area contributed by atoms with Crippen LogP contribution in [0.1, 0.15) is 22.8 Å². The Kier molecular flexibility index (Phi) is 7.73. The lowest BCUT2D eigenvalue weighted by molar-refractivity contribution is -0.139. The van der Waals surface area contributed by atoms with Crippen LogP contribution in [0.5, 0.6) is 5.75 Å². The van der Waals surface area contributed by atoms with Gasteiger partial charge in [-0.15, -0.1) is 0 Å². The molecule has 150 valence electrons. The highest BCUT2D eigenvalue weighted by molar-refractivity contribution is 7.88. The van der Waals surface area contributed by atoms with Crippen LogP contribution < -0.4 is 9.46 Å². The summed E-state index contributed by atoms with van der Waals surface area (Å²) < 4.78 is 30.3. The number of sulfonamides is 1. The Labute approximate surface area is 156 Å². The minimum absolute atomic E-state index is 0.0876. The van der Waals surface area contributed by atoms with Gasteiger partial charge in [-0.2, -0.15) is 0 Å². The van der Waals surface area contributed by atoms with Crippen LogP contribution in [0.3, 0.4) is 0 Å². The van der Waals surface area contributed by atoms with Crippen LogP contribution in [0.2, 0.25) is 0 Å². The summed E-state index contributed by atoms with van der Waals surface area (Å²) in [6, 6.07) is 2.82. The molecule has 1 amide bonds. The highest BCUT2D eigenvalue weighted by Gasteiger charge is 2.25. The first kappa shape index (κ1) is 22.4. The van der Waals surface area contributed by atoms with Crippen molar-refractivity contribution in [1.29, 1.82) is 0 Å². The fourth-order valence-electron chi connectivity index (χ4n) is 2.23. The zero-order valence-electron chi connectivity index (χ0n) is 15.1. The van der Waals surface area contributed by atoms with Gasteiger partial charge in [-0.25, -0.2) is 22.7 Å². The second kappa shape index (κ2) is 9.33. The maximum atomic E-state index is 12.4. The summed E-state index contributed by atoms with van der Waals surface area (Å²) in [5, 5.41) is 17.9. The van der Waals surface area contributed by atoms with Crippen molar-refractivity contribution in [1.82, 2.24) is 9.62 Å². The number of carboxylic acid groups (broad SMARTS) is 2. The Balaban J connectivity index is 3.17. The molecule has 0 aliphatic rings. The summed E-state index contributed by atoms with van der Waals surface area (Å²) >= 11 is 0. The van der Waals surface area contributed by atoms with Gasteiger partial charge in [-0.1, -0.05) is 6.07 Å². The number of ether oxygens (including phenoxy) is 1. The molecule has 0 saturated carbocycles. The number of carbonyl (C=O) groups excluding carboxylic acids is 1. The molecule has 0 aliphatic carbocycles. The molecule has 0 saturated heterocycles. The molecular formula is C16H22N2O8S. The van der Waals surface area contributed by atoms with Crippen molar-refractivity contribution in [2.24, 2.45) is 0 Å². The van der Waals surface area contributed by atoms with Crippen molar-refractivity contribution in [3.05, 3.63) is 29.3 Å². The van der Waals surface area contributed by atoms with Crippen molar-refractivity contribution in [2.75, 3.05) is 26.5 Å². The molecule has 1 rings (SSSR count). The van der Waals surface area contributed by atoms with Gasteiger partial charge in [-0.05, 0) is 31.0 Å². The van der Waals surface area contributed by atoms with Crippen LogP contribution in [0.4, 0.5) is 0 Å². The molecule has 10 nitrogen and oxygen atoms in total. The van der Waals surface area contributed by atoms with Crippen molar-refractivity contribution in [3.63, 3.8) is 0 Å². The first-order valence-electron chi connectivity index (χ1n) is 7.87. The number of benzene rings is 1. The molecule has 1 aromatic carbocycles. The number of aliphatic carboxylic acids is 1. The Hall–Kier alpha value is -2.66. The maximum absolute atomic E-state index is 12.4. The van der Waals surface area contributed by atoms with E-state index < -0.39 is 40.5 Å². The van der Waals surface area contributed by atoms with E-state index in [0.29, 0.717) is 12.1 Å². The molecule has 0 radical (unpaired) electrons. The van der Waals surface area contributed by atoms with E-state index in [1.54, 1.807) is 6.92 Å². The molecule has 0 aromatic heterocycles. The van der Waals surface area contributed by atoms with Crippen molar-refractivity contribution in [2.45, 2.75) is 19.4 Å². The number of hydrogen-bond acceptors (Lipinski definition) is 6. The van der Waals surface area contributed by atoms with Gasteiger partial charge in [0.15, 0.2) is 6.61 Å². The lowest BCUT2D eigenvalue weighted by atomic mass is 10.0. The number of hydrogen-bond donors (Lipinski definition) is 3. The summed E-state index contributed by atoms with van der Waals surface area (Å²) in [4.78, 5) is 35.7. The van der Waals surface area contributed by atoms with Crippen LogP contribution >= 0.6 is 0 Å². The van der Waals surface area contributed by atoms with Crippen LogP contribution in [-0.4, -0.2) is 73.9 Å². The first-order valence-corrected chi connectivity index (χ1v) is 9.76. The second-order valence-electron chi connectivity index (χ2n) is 5.82. The Morgan fingerprint density at radius 3 is 2.37 bits per heavy atom. The fourth-order valence-corrected chi connectivity index (χ4v) is 2.93. The molecule has 0 spiro atoms. The quantitative estimate of drug-likeness (QED) is 0.486. The standard InChI is InChI=1S/C16H22N2O8S/c1-4-18(2)15(21)12(17-27(3,24)25)8-10-5-6-13(26-9-14(19)20)11(7-10)16(22)23/h5-7,12,17H,4,8-9H2,1-3H3,(H,19,20)(H,22,23)/t12-/m0/s1. The summed E-state index contributed by atoms with van der Waals surface area (Å²) in [6.07, 6.45) is 0.834. The number of likely N-dealkylation sites (N-methyl/N-ethyl adjacent to an activating group) is 1. The van der Waals surface area contributed by atoms with Gasteiger partial charge in [0, 0.05) is 13.6 Å². The number of nitrogens with one attached hydrogen (secondary N) is 1. The Morgan fingerprint density at radius 2 is 1.89 bits per heavy atom. The number of carboxylic acids is 2. The third-order valence-electron chi connectivity index (χ3n) is 3.57. The average molecular weight is 402 g/mol. The molecule has 0 unspecified atom stereocenters. The molecule has 0 aliphatic heterocycles. The minimum Gasteiger partial charge on any atom is -0.481 e. The van der Waals surface area contributed by atoms with Gasteiger partial charge in [0.25, 0.3) is 0 Å². The molecule has 1 atom stereocenters. The van der Waals surface area contributed by atoms with Gasteiger partial charge in [0.2, 0.25) is 15.9 Å². The van der Waals surface area contributed by atoms with Crippen LogP contribution in [0.15, 0.2) is 18.2 Å². The highest BCUT2D eigenvalue weighted by Crippen LogP contribution is 2.21. The Morgan fingerprint density at radius 1 is 1.26 bits per heavy atom. The molecule has 1 aromatic rings. The number of rotatable bonds is 10. The van der Waals surface area contributed by atoms with Gasteiger partial charge in [0.1, 0.15) is 17.4 Å². The molecule has 27 heavy (non-hydrogen) atoms. The normalized spacial score (nSPS) is 12.3. The molecule has 0 bridgehead atoms. The number of nitrogens with zero attached hydrogens (tertiary/aromatic N) is 1. The second-order valence-corrected chi connectivity index (χ2v) is 7.60. The van der Waals surface area contributed by atoms with E-state index in [2.05, 4.69) is 4.72 Å². The molecular weight excluding hydrogens is 380 g/mol. The largest absolute Gasteiger partial charge is 0.481 e. The van der Waals surface area contributed by atoms with Crippen molar-refractivity contribution < 1.29 is 37.8 Å². The monoisotopic (exact) mass is 402 g/mol. The third kappa shape index (κ3) is 7.23.